The summed E-state index contributed by atoms with van der Waals surface area (Å²) in [5.41, 5.74) is 2.56. The van der Waals surface area contributed by atoms with Crippen LogP contribution in [0.15, 0.2) is 41.3 Å². The molecular formula is C15H20N2O. The third-order valence-electron chi connectivity index (χ3n) is 2.81. The third kappa shape index (κ3) is 3.62. The van der Waals surface area contributed by atoms with Crippen LogP contribution in [0.1, 0.15) is 27.2 Å². The van der Waals surface area contributed by atoms with E-state index in [4.69, 9.17) is 4.42 Å². The highest BCUT2D eigenvalue weighted by molar-refractivity contribution is 5.60. The van der Waals surface area contributed by atoms with Gasteiger partial charge in [-0.15, -0.1) is 0 Å². The van der Waals surface area contributed by atoms with E-state index in [1.165, 1.54) is 6.39 Å². The van der Waals surface area contributed by atoms with Crippen molar-refractivity contribution in [1.82, 2.24) is 4.98 Å². The molecule has 0 radical (unpaired) electrons. The molecule has 0 spiro atoms. The standard InChI is InChI=1S/C15H20N2O/c1-15(2,3)8-9-17-13-6-4-12(5-7-13)14-10-16-11-18-14/h4-7,10-11,17H,8-9H2,1-3H3. The summed E-state index contributed by atoms with van der Waals surface area (Å²) >= 11 is 0. The lowest BCUT2D eigenvalue weighted by atomic mass is 9.92. The van der Waals surface area contributed by atoms with Crippen LogP contribution in [0.25, 0.3) is 11.3 Å². The Kier molecular flexibility index (Phi) is 3.70. The van der Waals surface area contributed by atoms with Gasteiger partial charge < -0.3 is 9.73 Å². The van der Waals surface area contributed by atoms with Gasteiger partial charge in [0, 0.05) is 17.8 Å². The predicted octanol–water partition coefficient (Wildman–Crippen LogP) is 4.19. The van der Waals surface area contributed by atoms with Gasteiger partial charge in [0.25, 0.3) is 0 Å². The van der Waals surface area contributed by atoms with Crippen molar-refractivity contribution in [3.05, 3.63) is 36.9 Å². The van der Waals surface area contributed by atoms with Gasteiger partial charge in [-0.05, 0) is 36.1 Å². The van der Waals surface area contributed by atoms with E-state index in [0.29, 0.717) is 5.41 Å². The summed E-state index contributed by atoms with van der Waals surface area (Å²) in [4.78, 5) is 3.92. The number of aromatic nitrogens is 1. The zero-order valence-corrected chi connectivity index (χ0v) is 11.2. The quantitative estimate of drug-likeness (QED) is 0.876. The highest BCUT2D eigenvalue weighted by atomic mass is 16.3. The van der Waals surface area contributed by atoms with Crippen LogP contribution in [0.5, 0.6) is 0 Å². The van der Waals surface area contributed by atoms with E-state index >= 15 is 0 Å². The van der Waals surface area contributed by atoms with Crippen LogP contribution in [0.4, 0.5) is 5.69 Å². The summed E-state index contributed by atoms with van der Waals surface area (Å²) in [5, 5.41) is 3.43. The van der Waals surface area contributed by atoms with Gasteiger partial charge >= 0.3 is 0 Å². The second-order valence-electron chi connectivity index (χ2n) is 5.68. The maximum Gasteiger partial charge on any atom is 0.181 e. The normalized spacial score (nSPS) is 11.5. The van der Waals surface area contributed by atoms with Gasteiger partial charge in [-0.25, -0.2) is 4.98 Å². The third-order valence-corrected chi connectivity index (χ3v) is 2.81. The van der Waals surface area contributed by atoms with Gasteiger partial charge in [0.05, 0.1) is 6.20 Å². The van der Waals surface area contributed by atoms with E-state index in [9.17, 15) is 0 Å². The van der Waals surface area contributed by atoms with E-state index in [-0.39, 0.29) is 0 Å². The highest BCUT2D eigenvalue weighted by Crippen LogP contribution is 2.22. The van der Waals surface area contributed by atoms with Crippen LogP contribution < -0.4 is 5.32 Å². The van der Waals surface area contributed by atoms with Crippen molar-refractivity contribution in [2.75, 3.05) is 11.9 Å². The maximum atomic E-state index is 5.25. The van der Waals surface area contributed by atoms with Gasteiger partial charge in [0.1, 0.15) is 0 Å². The van der Waals surface area contributed by atoms with Gasteiger partial charge in [-0.1, -0.05) is 20.8 Å². The van der Waals surface area contributed by atoms with Gasteiger partial charge in [-0.2, -0.15) is 0 Å². The molecule has 0 aliphatic carbocycles. The molecule has 0 fully saturated rings. The largest absolute Gasteiger partial charge is 0.444 e. The number of rotatable bonds is 4. The van der Waals surface area contributed by atoms with Gasteiger partial charge in [0.15, 0.2) is 12.2 Å². The molecule has 1 aromatic heterocycles. The molecule has 1 N–H and O–H groups in total. The Bertz CT molecular complexity index is 466. The van der Waals surface area contributed by atoms with E-state index in [0.717, 1.165) is 30.0 Å². The summed E-state index contributed by atoms with van der Waals surface area (Å²) in [7, 11) is 0. The fraction of sp³-hybridized carbons (Fsp3) is 0.400. The molecule has 0 saturated heterocycles. The van der Waals surface area contributed by atoms with Crippen molar-refractivity contribution in [3.8, 4) is 11.3 Å². The molecule has 0 amide bonds. The van der Waals surface area contributed by atoms with Crippen LogP contribution in [-0.4, -0.2) is 11.5 Å². The Labute approximate surface area is 108 Å². The molecule has 0 aliphatic heterocycles. The summed E-state index contributed by atoms with van der Waals surface area (Å²) in [5.74, 6) is 0.802. The van der Waals surface area contributed by atoms with Crippen LogP contribution in [0.2, 0.25) is 0 Å². The molecule has 1 aromatic carbocycles. The first-order valence-electron chi connectivity index (χ1n) is 6.27. The van der Waals surface area contributed by atoms with Crippen molar-refractivity contribution in [2.45, 2.75) is 27.2 Å². The Morgan fingerprint density at radius 1 is 1.17 bits per heavy atom. The summed E-state index contributed by atoms with van der Waals surface area (Å²) < 4.78 is 5.25. The minimum absolute atomic E-state index is 0.368. The first kappa shape index (κ1) is 12.7. The average molecular weight is 244 g/mol. The summed E-state index contributed by atoms with van der Waals surface area (Å²) in [6.45, 7) is 7.75. The number of benzene rings is 1. The molecule has 2 aromatic rings. The van der Waals surface area contributed by atoms with Crippen LogP contribution in [0, 0.1) is 5.41 Å². The predicted molar refractivity (Wildman–Crippen MR) is 74.5 cm³/mol. The van der Waals surface area contributed by atoms with E-state index in [1.807, 2.05) is 12.1 Å². The molecule has 1 heterocycles. The molecule has 2 rings (SSSR count). The Hall–Kier alpha value is -1.77. The number of nitrogens with zero attached hydrogens (tertiary/aromatic N) is 1. The first-order valence-corrected chi connectivity index (χ1v) is 6.27. The second kappa shape index (κ2) is 5.25. The van der Waals surface area contributed by atoms with E-state index < -0.39 is 0 Å². The molecule has 0 bridgehead atoms. The molecule has 0 aliphatic rings. The highest BCUT2D eigenvalue weighted by Gasteiger charge is 2.09. The molecule has 0 atom stereocenters. The Balaban J connectivity index is 1.92. The van der Waals surface area contributed by atoms with Gasteiger partial charge in [0.2, 0.25) is 0 Å². The fourth-order valence-electron chi connectivity index (χ4n) is 1.69. The lowest BCUT2D eigenvalue weighted by Gasteiger charge is -2.18. The molecule has 3 heteroatoms. The van der Waals surface area contributed by atoms with Crippen molar-refractivity contribution >= 4 is 5.69 Å². The lowest BCUT2D eigenvalue weighted by Crippen LogP contribution is -2.12. The maximum absolute atomic E-state index is 5.25. The van der Waals surface area contributed by atoms with Crippen molar-refractivity contribution in [1.29, 1.82) is 0 Å². The van der Waals surface area contributed by atoms with Gasteiger partial charge in [-0.3, -0.25) is 0 Å². The molecule has 96 valence electrons. The minimum Gasteiger partial charge on any atom is -0.444 e. The topological polar surface area (TPSA) is 38.1 Å². The summed E-state index contributed by atoms with van der Waals surface area (Å²) in [6.07, 6.45) is 4.32. The fourth-order valence-corrected chi connectivity index (χ4v) is 1.69. The lowest BCUT2D eigenvalue weighted by molar-refractivity contribution is 0.390. The average Bonchev–Trinajstić information content (AvgIpc) is 2.82. The smallest absolute Gasteiger partial charge is 0.181 e. The van der Waals surface area contributed by atoms with Crippen molar-refractivity contribution < 1.29 is 4.42 Å². The Morgan fingerprint density at radius 2 is 1.89 bits per heavy atom. The van der Waals surface area contributed by atoms with E-state index in [2.05, 4.69) is 43.2 Å². The molecule has 18 heavy (non-hydrogen) atoms. The summed E-state index contributed by atoms with van der Waals surface area (Å²) in [6, 6.07) is 8.22. The van der Waals surface area contributed by atoms with Crippen molar-refractivity contribution in [3.63, 3.8) is 0 Å². The van der Waals surface area contributed by atoms with Crippen LogP contribution >= 0.6 is 0 Å². The molecule has 0 saturated carbocycles. The number of anilines is 1. The zero-order chi connectivity index (χ0) is 13.0. The zero-order valence-electron chi connectivity index (χ0n) is 11.2. The number of oxazole rings is 1. The van der Waals surface area contributed by atoms with Crippen LogP contribution in [0.3, 0.4) is 0 Å². The molecular weight excluding hydrogens is 224 g/mol. The second-order valence-corrected chi connectivity index (χ2v) is 5.68. The van der Waals surface area contributed by atoms with E-state index in [1.54, 1.807) is 6.20 Å². The Morgan fingerprint density at radius 3 is 2.44 bits per heavy atom. The van der Waals surface area contributed by atoms with Crippen molar-refractivity contribution in [2.24, 2.45) is 5.41 Å². The molecule has 3 nitrogen and oxygen atoms in total. The minimum atomic E-state index is 0.368. The number of hydrogen-bond donors (Lipinski definition) is 1. The SMILES string of the molecule is CC(C)(C)CCNc1ccc(-c2cnco2)cc1. The number of nitrogens with one attached hydrogen (secondary N) is 1. The first-order chi connectivity index (χ1) is 8.54. The van der Waals surface area contributed by atoms with Crippen LogP contribution in [-0.2, 0) is 0 Å². The monoisotopic (exact) mass is 244 g/mol. The molecule has 0 unspecified atom stereocenters. The number of hydrogen-bond acceptors (Lipinski definition) is 3.